The molecule has 20 heavy (non-hydrogen) atoms. The lowest BCUT2D eigenvalue weighted by Crippen LogP contribution is -2.08. The number of nitrogens with one attached hydrogen (secondary N) is 1. The number of nitro benzene ring substituents is 1. The maximum Gasteiger partial charge on any atom is 0.269 e. The smallest absolute Gasteiger partial charge is 0.269 e. The van der Waals surface area contributed by atoms with Gasteiger partial charge in [-0.3, -0.25) is 15.1 Å². The minimum absolute atomic E-state index is 0.0546. The van der Waals surface area contributed by atoms with Gasteiger partial charge in [0.1, 0.15) is 0 Å². The summed E-state index contributed by atoms with van der Waals surface area (Å²) in [5, 5.41) is 14.0. The van der Waals surface area contributed by atoms with Crippen LogP contribution in [-0.2, 0) is 0 Å². The predicted molar refractivity (Wildman–Crippen MR) is 78.8 cm³/mol. The van der Waals surface area contributed by atoms with Gasteiger partial charge in [0.25, 0.3) is 5.69 Å². The number of aromatic nitrogens is 1. The third-order valence-corrected chi connectivity index (χ3v) is 3.20. The van der Waals surface area contributed by atoms with Crippen molar-refractivity contribution in [3.63, 3.8) is 0 Å². The predicted octanol–water partition coefficient (Wildman–Crippen LogP) is 3.78. The SMILES string of the molecule is Cc1ccc(NC(C)c2ccc([N+](=O)[O-])cc2)c(C)n1. The van der Waals surface area contributed by atoms with E-state index in [1.807, 2.05) is 32.9 Å². The Morgan fingerprint density at radius 3 is 2.35 bits per heavy atom. The van der Waals surface area contributed by atoms with E-state index in [0.29, 0.717) is 0 Å². The molecule has 104 valence electrons. The van der Waals surface area contributed by atoms with Crippen LogP contribution in [0.2, 0.25) is 0 Å². The third kappa shape index (κ3) is 3.12. The Morgan fingerprint density at radius 2 is 1.80 bits per heavy atom. The van der Waals surface area contributed by atoms with Crippen molar-refractivity contribution in [2.24, 2.45) is 0 Å². The zero-order chi connectivity index (χ0) is 14.7. The highest BCUT2D eigenvalue weighted by Crippen LogP contribution is 2.23. The summed E-state index contributed by atoms with van der Waals surface area (Å²) in [6.45, 7) is 5.93. The lowest BCUT2D eigenvalue weighted by Gasteiger charge is -2.17. The maximum atomic E-state index is 10.6. The molecular weight excluding hydrogens is 254 g/mol. The molecule has 0 amide bonds. The van der Waals surface area contributed by atoms with Crippen LogP contribution in [0.3, 0.4) is 0 Å². The number of hydrogen-bond acceptors (Lipinski definition) is 4. The van der Waals surface area contributed by atoms with Crippen molar-refractivity contribution < 1.29 is 4.92 Å². The van der Waals surface area contributed by atoms with Gasteiger partial charge in [-0.25, -0.2) is 0 Å². The Hall–Kier alpha value is -2.43. The largest absolute Gasteiger partial charge is 0.377 e. The molecule has 5 heteroatoms. The first-order valence-corrected chi connectivity index (χ1v) is 6.42. The number of aryl methyl sites for hydroxylation is 2. The minimum atomic E-state index is -0.393. The van der Waals surface area contributed by atoms with Crippen LogP contribution in [0.15, 0.2) is 36.4 Å². The molecule has 0 fully saturated rings. The van der Waals surface area contributed by atoms with Gasteiger partial charge in [-0.1, -0.05) is 12.1 Å². The van der Waals surface area contributed by atoms with Crippen LogP contribution in [0.5, 0.6) is 0 Å². The van der Waals surface area contributed by atoms with Crippen molar-refractivity contribution in [1.82, 2.24) is 4.98 Å². The van der Waals surface area contributed by atoms with Crippen molar-refractivity contribution in [2.75, 3.05) is 5.32 Å². The van der Waals surface area contributed by atoms with Gasteiger partial charge in [0.2, 0.25) is 0 Å². The number of anilines is 1. The highest BCUT2D eigenvalue weighted by Gasteiger charge is 2.10. The second-order valence-electron chi connectivity index (χ2n) is 4.80. The average molecular weight is 271 g/mol. The molecule has 2 rings (SSSR count). The van der Waals surface area contributed by atoms with Gasteiger partial charge in [0.15, 0.2) is 0 Å². The monoisotopic (exact) mass is 271 g/mol. The summed E-state index contributed by atoms with van der Waals surface area (Å²) in [7, 11) is 0. The Labute approximate surface area is 117 Å². The summed E-state index contributed by atoms with van der Waals surface area (Å²) in [6.07, 6.45) is 0. The van der Waals surface area contributed by atoms with Crippen molar-refractivity contribution in [3.8, 4) is 0 Å². The van der Waals surface area contributed by atoms with E-state index in [-0.39, 0.29) is 11.7 Å². The van der Waals surface area contributed by atoms with Gasteiger partial charge < -0.3 is 5.32 Å². The number of benzene rings is 1. The van der Waals surface area contributed by atoms with Crippen LogP contribution in [0.4, 0.5) is 11.4 Å². The molecule has 0 aliphatic carbocycles. The summed E-state index contributed by atoms with van der Waals surface area (Å²) >= 11 is 0. The van der Waals surface area contributed by atoms with Crippen LogP contribution in [-0.4, -0.2) is 9.91 Å². The molecule has 1 aromatic heterocycles. The normalized spacial score (nSPS) is 11.9. The second kappa shape index (κ2) is 5.69. The fourth-order valence-corrected chi connectivity index (χ4v) is 2.04. The Kier molecular flexibility index (Phi) is 3.98. The van der Waals surface area contributed by atoms with Crippen LogP contribution in [0.25, 0.3) is 0 Å². The zero-order valence-electron chi connectivity index (χ0n) is 11.8. The van der Waals surface area contributed by atoms with Gasteiger partial charge in [-0.15, -0.1) is 0 Å². The number of nitro groups is 1. The molecule has 0 spiro atoms. The van der Waals surface area contributed by atoms with Crippen molar-refractivity contribution in [3.05, 3.63) is 63.5 Å². The van der Waals surface area contributed by atoms with Crippen molar-refractivity contribution >= 4 is 11.4 Å². The number of non-ortho nitro benzene ring substituents is 1. The molecule has 0 radical (unpaired) electrons. The molecule has 1 atom stereocenters. The van der Waals surface area contributed by atoms with E-state index in [0.717, 1.165) is 22.6 Å². The quantitative estimate of drug-likeness (QED) is 0.678. The molecule has 0 bridgehead atoms. The van der Waals surface area contributed by atoms with Gasteiger partial charge in [0.05, 0.1) is 16.3 Å². The maximum absolute atomic E-state index is 10.6. The molecular formula is C15H17N3O2. The first kappa shape index (κ1) is 14.0. The molecule has 1 unspecified atom stereocenters. The van der Waals surface area contributed by atoms with Crippen LogP contribution in [0, 0.1) is 24.0 Å². The lowest BCUT2D eigenvalue weighted by molar-refractivity contribution is -0.384. The van der Waals surface area contributed by atoms with Crippen molar-refractivity contribution in [1.29, 1.82) is 0 Å². The fourth-order valence-electron chi connectivity index (χ4n) is 2.04. The average Bonchev–Trinajstić information content (AvgIpc) is 2.42. The van der Waals surface area contributed by atoms with E-state index < -0.39 is 4.92 Å². The molecule has 0 saturated heterocycles. The molecule has 1 N–H and O–H groups in total. The highest BCUT2D eigenvalue weighted by molar-refractivity contribution is 5.50. The van der Waals surface area contributed by atoms with Gasteiger partial charge in [-0.2, -0.15) is 0 Å². The summed E-state index contributed by atoms with van der Waals surface area (Å²) in [5.74, 6) is 0. The number of pyridine rings is 1. The van der Waals surface area contributed by atoms with Crippen LogP contribution < -0.4 is 5.32 Å². The second-order valence-corrected chi connectivity index (χ2v) is 4.80. The van der Waals surface area contributed by atoms with E-state index in [2.05, 4.69) is 10.3 Å². The Balaban J connectivity index is 2.15. The standard InChI is InChI=1S/C15H17N3O2/c1-10-4-9-15(12(3)16-10)17-11(2)13-5-7-14(8-6-13)18(19)20/h4-9,11,17H,1-3H3. The molecule has 2 aromatic rings. The van der Waals surface area contributed by atoms with E-state index in [1.54, 1.807) is 12.1 Å². The molecule has 1 aromatic carbocycles. The first-order valence-electron chi connectivity index (χ1n) is 6.42. The van der Waals surface area contributed by atoms with Crippen molar-refractivity contribution in [2.45, 2.75) is 26.8 Å². The number of rotatable bonds is 4. The van der Waals surface area contributed by atoms with Crippen LogP contribution in [0.1, 0.15) is 29.9 Å². The highest BCUT2D eigenvalue weighted by atomic mass is 16.6. The molecule has 0 aliphatic rings. The van der Waals surface area contributed by atoms with Gasteiger partial charge in [0, 0.05) is 23.9 Å². The first-order chi connectivity index (χ1) is 9.47. The third-order valence-electron chi connectivity index (χ3n) is 3.20. The fraction of sp³-hybridized carbons (Fsp3) is 0.267. The minimum Gasteiger partial charge on any atom is -0.377 e. The van der Waals surface area contributed by atoms with E-state index in [1.165, 1.54) is 12.1 Å². The summed E-state index contributed by atoms with van der Waals surface area (Å²) in [6, 6.07) is 10.6. The molecule has 0 saturated carbocycles. The zero-order valence-corrected chi connectivity index (χ0v) is 11.8. The molecule has 0 aliphatic heterocycles. The lowest BCUT2D eigenvalue weighted by atomic mass is 10.1. The topological polar surface area (TPSA) is 68.1 Å². The van der Waals surface area contributed by atoms with E-state index in [4.69, 9.17) is 0 Å². The van der Waals surface area contributed by atoms with Crippen LogP contribution >= 0.6 is 0 Å². The Morgan fingerprint density at radius 1 is 1.15 bits per heavy atom. The van der Waals surface area contributed by atoms with E-state index >= 15 is 0 Å². The van der Waals surface area contributed by atoms with E-state index in [9.17, 15) is 10.1 Å². The summed E-state index contributed by atoms with van der Waals surface area (Å²) in [5.41, 5.74) is 4.00. The van der Waals surface area contributed by atoms with Gasteiger partial charge in [-0.05, 0) is 38.5 Å². The van der Waals surface area contributed by atoms with Gasteiger partial charge >= 0.3 is 0 Å². The summed E-state index contributed by atoms with van der Waals surface area (Å²) in [4.78, 5) is 14.6. The number of nitrogens with zero attached hydrogens (tertiary/aromatic N) is 2. The Bertz CT molecular complexity index is 624. The molecule has 5 nitrogen and oxygen atoms in total. The molecule has 1 heterocycles. The number of hydrogen-bond donors (Lipinski definition) is 1. The summed E-state index contributed by atoms with van der Waals surface area (Å²) < 4.78 is 0.